The van der Waals surface area contributed by atoms with Gasteiger partial charge in [0, 0.05) is 0 Å². The molecule has 1 aliphatic rings. The quantitative estimate of drug-likeness (QED) is 0.481. The summed E-state index contributed by atoms with van der Waals surface area (Å²) in [6.45, 7) is 4.44. The Balaban J connectivity index is 2.43. The smallest absolute Gasteiger partial charge is 0.231 e. The van der Waals surface area contributed by atoms with E-state index in [-0.39, 0.29) is 0 Å². The highest BCUT2D eigenvalue weighted by atomic mass is 32.1. The van der Waals surface area contributed by atoms with Gasteiger partial charge in [-0.2, -0.15) is 22.4 Å². The van der Waals surface area contributed by atoms with E-state index in [4.69, 9.17) is 19.6 Å². The maximum Gasteiger partial charge on any atom is 0.238 e. The average Bonchev–Trinajstić information content (AvgIpc) is 2.10. The zero-order valence-corrected chi connectivity index (χ0v) is 7.47. The van der Waals surface area contributed by atoms with Crippen LogP contribution in [0.1, 0.15) is 13.8 Å². The maximum absolute atomic E-state index is 4.84. The summed E-state index contributed by atoms with van der Waals surface area (Å²) in [5, 5.41) is 0. The van der Waals surface area contributed by atoms with Crippen molar-refractivity contribution in [3.8, 4) is 0 Å². The second-order valence-corrected chi connectivity index (χ2v) is 3.97. The molecule has 1 rings (SSSR count). The van der Waals surface area contributed by atoms with Crippen molar-refractivity contribution in [2.24, 2.45) is 0 Å². The Hall–Kier alpha value is 0.190. The number of thiol groups is 1. The van der Waals surface area contributed by atoms with Crippen molar-refractivity contribution in [1.29, 1.82) is 0 Å². The first-order valence-electron chi connectivity index (χ1n) is 3.39. The highest BCUT2D eigenvalue weighted by Gasteiger charge is 2.31. The van der Waals surface area contributed by atoms with Gasteiger partial charge in [0.1, 0.15) is 13.2 Å². The van der Waals surface area contributed by atoms with Crippen molar-refractivity contribution >= 4 is 12.6 Å². The van der Waals surface area contributed by atoms with Gasteiger partial charge in [0.05, 0.1) is 4.75 Å². The lowest BCUT2D eigenvalue weighted by Gasteiger charge is -2.24. The first kappa shape index (κ1) is 9.28. The van der Waals surface area contributed by atoms with E-state index in [1.54, 1.807) is 0 Å². The molecule has 0 unspecified atom stereocenters. The molecule has 0 N–H and O–H groups in total. The zero-order chi connectivity index (χ0) is 8.32. The summed E-state index contributed by atoms with van der Waals surface area (Å²) in [4.78, 5) is 19.2. The van der Waals surface area contributed by atoms with Crippen LogP contribution in [0.2, 0.25) is 0 Å². The average molecular weight is 180 g/mol. The molecule has 0 aromatic rings. The van der Waals surface area contributed by atoms with Crippen LogP contribution in [0.5, 0.6) is 0 Å². The number of rotatable bonds is 1. The lowest BCUT2D eigenvalue weighted by Crippen LogP contribution is -2.34. The van der Waals surface area contributed by atoms with Crippen molar-refractivity contribution in [3.05, 3.63) is 0 Å². The third-order valence-electron chi connectivity index (χ3n) is 1.14. The molecule has 5 heteroatoms. The minimum absolute atomic E-state index is 0.375. The van der Waals surface area contributed by atoms with Gasteiger partial charge in [-0.3, -0.25) is 0 Å². The zero-order valence-electron chi connectivity index (χ0n) is 6.57. The van der Waals surface area contributed by atoms with Crippen LogP contribution in [0.4, 0.5) is 0 Å². The summed E-state index contributed by atoms with van der Waals surface area (Å²) in [7, 11) is 0. The fraction of sp³-hybridized carbons (Fsp3) is 1.00. The van der Waals surface area contributed by atoms with Crippen LogP contribution in [0.3, 0.4) is 0 Å². The Labute approximate surface area is 71.0 Å². The second-order valence-electron chi connectivity index (χ2n) is 2.82. The first-order chi connectivity index (χ1) is 5.11. The Morgan fingerprint density at radius 3 is 2.00 bits per heavy atom. The predicted molar refractivity (Wildman–Crippen MR) is 40.9 cm³/mol. The van der Waals surface area contributed by atoms with Gasteiger partial charge >= 0.3 is 0 Å². The largest absolute Gasteiger partial charge is 0.238 e. The fourth-order valence-corrected chi connectivity index (χ4v) is 0.625. The predicted octanol–water partition coefficient (Wildman–Crippen LogP) is 0.931. The van der Waals surface area contributed by atoms with Crippen LogP contribution in [0.25, 0.3) is 0 Å². The molecule has 4 nitrogen and oxygen atoms in total. The van der Waals surface area contributed by atoms with Crippen molar-refractivity contribution in [1.82, 2.24) is 0 Å². The molecule has 0 spiro atoms. The van der Waals surface area contributed by atoms with E-state index in [0.717, 1.165) is 0 Å². The Kier molecular flexibility index (Phi) is 3.15. The van der Waals surface area contributed by atoms with Crippen LogP contribution in [0, 0.1) is 0 Å². The van der Waals surface area contributed by atoms with E-state index >= 15 is 0 Å². The highest BCUT2D eigenvalue weighted by molar-refractivity contribution is 7.81. The normalized spacial score (nSPS) is 23.2. The van der Waals surface area contributed by atoms with E-state index in [0.29, 0.717) is 13.2 Å². The van der Waals surface area contributed by atoms with Crippen LogP contribution < -0.4 is 0 Å². The van der Waals surface area contributed by atoms with Gasteiger partial charge in [0.2, 0.25) is 6.29 Å². The molecule has 0 amide bonds. The van der Waals surface area contributed by atoms with Gasteiger partial charge in [-0.1, -0.05) is 0 Å². The van der Waals surface area contributed by atoms with Crippen LogP contribution in [-0.2, 0) is 19.6 Å². The number of hydrogen-bond acceptors (Lipinski definition) is 5. The summed E-state index contributed by atoms with van der Waals surface area (Å²) in [6, 6.07) is 0. The summed E-state index contributed by atoms with van der Waals surface area (Å²) in [5.74, 6) is 0. The van der Waals surface area contributed by atoms with Crippen molar-refractivity contribution in [3.63, 3.8) is 0 Å². The van der Waals surface area contributed by atoms with Gasteiger partial charge in [-0.05, 0) is 13.8 Å². The molecule has 0 radical (unpaired) electrons. The third kappa shape index (κ3) is 2.96. The van der Waals surface area contributed by atoms with E-state index in [1.165, 1.54) is 0 Å². The topological polar surface area (TPSA) is 36.9 Å². The van der Waals surface area contributed by atoms with Gasteiger partial charge < -0.3 is 0 Å². The van der Waals surface area contributed by atoms with E-state index in [9.17, 15) is 0 Å². The molecule has 0 atom stereocenters. The standard InChI is InChI=1S/C6H12O4S/c1-6(2,11)5-9-7-3-4-8-10-5/h5,11H,3-4H2,1-2H3. The van der Waals surface area contributed by atoms with Gasteiger partial charge in [0.15, 0.2) is 0 Å². The Bertz CT molecular complexity index is 114. The summed E-state index contributed by atoms with van der Waals surface area (Å²) in [6.07, 6.45) is -0.590. The monoisotopic (exact) mass is 180 g/mol. The molecule has 0 aromatic carbocycles. The van der Waals surface area contributed by atoms with Crippen LogP contribution in [0.15, 0.2) is 0 Å². The molecule has 1 fully saturated rings. The minimum Gasteiger partial charge on any atom is -0.231 e. The highest BCUT2D eigenvalue weighted by Crippen LogP contribution is 2.22. The Morgan fingerprint density at radius 1 is 1.18 bits per heavy atom. The minimum atomic E-state index is -0.590. The fourth-order valence-electron chi connectivity index (χ4n) is 0.539. The van der Waals surface area contributed by atoms with Crippen LogP contribution >= 0.6 is 12.6 Å². The Morgan fingerprint density at radius 2 is 1.64 bits per heavy atom. The summed E-state index contributed by atoms with van der Waals surface area (Å²) in [5.41, 5.74) is 0. The molecule has 0 aliphatic carbocycles. The molecular weight excluding hydrogens is 168 g/mol. The SMILES string of the molecule is CC(C)(S)C1OOCCOO1. The van der Waals surface area contributed by atoms with E-state index < -0.39 is 11.0 Å². The van der Waals surface area contributed by atoms with Crippen molar-refractivity contribution in [2.75, 3.05) is 13.2 Å². The first-order valence-corrected chi connectivity index (χ1v) is 3.84. The molecule has 11 heavy (non-hydrogen) atoms. The molecule has 1 heterocycles. The van der Waals surface area contributed by atoms with Gasteiger partial charge in [-0.15, -0.1) is 0 Å². The maximum atomic E-state index is 4.84. The summed E-state index contributed by atoms with van der Waals surface area (Å²) < 4.78 is -0.440. The number of hydrogen-bond donors (Lipinski definition) is 1. The van der Waals surface area contributed by atoms with E-state index in [2.05, 4.69) is 12.6 Å². The molecular formula is C6H12O4S. The van der Waals surface area contributed by atoms with Crippen molar-refractivity contribution < 1.29 is 19.6 Å². The third-order valence-corrected chi connectivity index (χ3v) is 1.35. The molecule has 0 aromatic heterocycles. The van der Waals surface area contributed by atoms with Crippen LogP contribution in [-0.4, -0.2) is 24.3 Å². The molecule has 0 bridgehead atoms. The van der Waals surface area contributed by atoms with E-state index in [1.807, 2.05) is 13.8 Å². The lowest BCUT2D eigenvalue weighted by molar-refractivity contribution is -0.429. The molecule has 0 saturated carbocycles. The summed E-state index contributed by atoms with van der Waals surface area (Å²) >= 11 is 4.24. The van der Waals surface area contributed by atoms with Gasteiger partial charge in [0.25, 0.3) is 0 Å². The molecule has 1 aliphatic heterocycles. The molecule has 1 saturated heterocycles. The van der Waals surface area contributed by atoms with Gasteiger partial charge in [-0.25, -0.2) is 9.78 Å². The second kappa shape index (κ2) is 3.73. The van der Waals surface area contributed by atoms with Crippen molar-refractivity contribution in [2.45, 2.75) is 24.9 Å². The molecule has 66 valence electrons. The lowest BCUT2D eigenvalue weighted by atomic mass is 10.2.